The molecule has 5 aromatic rings. The molecule has 0 radical (unpaired) electrons. The fourth-order valence-electron chi connectivity index (χ4n) is 3.69. The molecule has 0 saturated heterocycles. The number of ether oxygens (including phenoxy) is 1. The SMILES string of the molecule is Clc1ccc2c(c1)nc(-c1ccc(OCc3ccccc3)cc1)n2Cc1ccccc1. The Balaban J connectivity index is 1.46. The number of halogens is 1. The van der Waals surface area contributed by atoms with Gasteiger partial charge in [0.2, 0.25) is 0 Å². The molecule has 0 aliphatic heterocycles. The van der Waals surface area contributed by atoms with E-state index in [1.54, 1.807) is 0 Å². The van der Waals surface area contributed by atoms with Crippen LogP contribution in [0.1, 0.15) is 11.1 Å². The molecule has 31 heavy (non-hydrogen) atoms. The van der Waals surface area contributed by atoms with E-state index in [1.165, 1.54) is 5.56 Å². The topological polar surface area (TPSA) is 27.1 Å². The van der Waals surface area contributed by atoms with Crippen molar-refractivity contribution in [3.8, 4) is 17.1 Å². The monoisotopic (exact) mass is 424 g/mol. The maximum atomic E-state index is 6.23. The third-order valence-corrected chi connectivity index (χ3v) is 5.49. The molecule has 0 saturated carbocycles. The number of hydrogen-bond donors (Lipinski definition) is 0. The molecular weight excluding hydrogens is 404 g/mol. The summed E-state index contributed by atoms with van der Waals surface area (Å²) in [6.45, 7) is 1.28. The number of aromatic nitrogens is 2. The molecule has 4 heteroatoms. The second-order valence-electron chi connectivity index (χ2n) is 7.44. The Hall–Kier alpha value is -3.56. The number of nitrogens with zero attached hydrogens (tertiary/aromatic N) is 2. The van der Waals surface area contributed by atoms with Crippen LogP contribution < -0.4 is 4.74 Å². The van der Waals surface area contributed by atoms with E-state index < -0.39 is 0 Å². The highest BCUT2D eigenvalue weighted by molar-refractivity contribution is 6.31. The molecule has 1 aromatic heterocycles. The van der Waals surface area contributed by atoms with Gasteiger partial charge in [0.25, 0.3) is 0 Å². The van der Waals surface area contributed by atoms with Gasteiger partial charge in [0.15, 0.2) is 0 Å². The lowest BCUT2D eigenvalue weighted by atomic mass is 10.2. The maximum absolute atomic E-state index is 6.23. The molecule has 5 rings (SSSR count). The van der Waals surface area contributed by atoms with Gasteiger partial charge in [-0.25, -0.2) is 4.98 Å². The molecule has 0 N–H and O–H groups in total. The molecule has 0 aliphatic rings. The van der Waals surface area contributed by atoms with Crippen molar-refractivity contribution < 1.29 is 4.74 Å². The molecule has 0 unspecified atom stereocenters. The average molecular weight is 425 g/mol. The van der Waals surface area contributed by atoms with Crippen LogP contribution in [0.25, 0.3) is 22.4 Å². The molecule has 0 spiro atoms. The largest absolute Gasteiger partial charge is 0.489 e. The first-order valence-corrected chi connectivity index (χ1v) is 10.6. The Bertz CT molecular complexity index is 1300. The fourth-order valence-corrected chi connectivity index (χ4v) is 3.86. The summed E-state index contributed by atoms with van der Waals surface area (Å²) in [5.74, 6) is 1.75. The second kappa shape index (κ2) is 8.66. The Morgan fingerprint density at radius 3 is 2.13 bits per heavy atom. The van der Waals surface area contributed by atoms with Crippen molar-refractivity contribution in [2.45, 2.75) is 13.2 Å². The molecule has 152 valence electrons. The molecule has 0 bridgehead atoms. The van der Waals surface area contributed by atoms with E-state index in [9.17, 15) is 0 Å². The van der Waals surface area contributed by atoms with E-state index in [0.29, 0.717) is 11.6 Å². The van der Waals surface area contributed by atoms with Gasteiger partial charge in [-0.05, 0) is 53.6 Å². The van der Waals surface area contributed by atoms with Crippen molar-refractivity contribution in [3.63, 3.8) is 0 Å². The molecule has 0 amide bonds. The third-order valence-electron chi connectivity index (χ3n) is 5.25. The Morgan fingerprint density at radius 2 is 1.42 bits per heavy atom. The average Bonchev–Trinajstić information content (AvgIpc) is 3.16. The minimum Gasteiger partial charge on any atom is -0.489 e. The van der Waals surface area contributed by atoms with E-state index in [0.717, 1.165) is 40.3 Å². The molecular formula is C27H21ClN2O. The van der Waals surface area contributed by atoms with Crippen LogP contribution >= 0.6 is 11.6 Å². The van der Waals surface area contributed by atoms with Gasteiger partial charge in [0.1, 0.15) is 18.2 Å². The second-order valence-corrected chi connectivity index (χ2v) is 7.88. The number of imidazole rings is 1. The Morgan fingerprint density at radius 1 is 0.742 bits per heavy atom. The highest BCUT2D eigenvalue weighted by Gasteiger charge is 2.14. The van der Waals surface area contributed by atoms with Crippen LogP contribution in [0.5, 0.6) is 5.75 Å². The standard InChI is InChI=1S/C27H21ClN2O/c28-23-13-16-26-25(17-23)29-27(30(26)18-20-7-3-1-4-8-20)22-11-14-24(15-12-22)31-19-21-9-5-2-6-10-21/h1-17H,18-19H2. The van der Waals surface area contributed by atoms with E-state index >= 15 is 0 Å². The van der Waals surface area contributed by atoms with Gasteiger partial charge in [-0.1, -0.05) is 72.3 Å². The molecule has 0 atom stereocenters. The Labute approximate surface area is 186 Å². The van der Waals surface area contributed by atoms with Crippen molar-refractivity contribution in [2.24, 2.45) is 0 Å². The number of rotatable bonds is 6. The van der Waals surface area contributed by atoms with Gasteiger partial charge in [-0.2, -0.15) is 0 Å². The molecule has 4 aromatic carbocycles. The predicted molar refractivity (Wildman–Crippen MR) is 126 cm³/mol. The van der Waals surface area contributed by atoms with Crippen LogP contribution in [0.3, 0.4) is 0 Å². The van der Waals surface area contributed by atoms with Crippen LogP contribution in [-0.4, -0.2) is 9.55 Å². The van der Waals surface area contributed by atoms with E-state index in [4.69, 9.17) is 21.3 Å². The van der Waals surface area contributed by atoms with Crippen molar-refractivity contribution in [3.05, 3.63) is 119 Å². The first-order valence-electron chi connectivity index (χ1n) is 10.2. The van der Waals surface area contributed by atoms with Gasteiger partial charge in [-0.3, -0.25) is 0 Å². The molecule has 0 aliphatic carbocycles. The lowest BCUT2D eigenvalue weighted by molar-refractivity contribution is 0.306. The van der Waals surface area contributed by atoms with Crippen LogP contribution in [-0.2, 0) is 13.2 Å². The highest BCUT2D eigenvalue weighted by Crippen LogP contribution is 2.29. The zero-order valence-electron chi connectivity index (χ0n) is 16.9. The minimum absolute atomic E-state index is 0.547. The fraction of sp³-hybridized carbons (Fsp3) is 0.0741. The van der Waals surface area contributed by atoms with Gasteiger partial charge in [0, 0.05) is 17.1 Å². The maximum Gasteiger partial charge on any atom is 0.141 e. The number of hydrogen-bond acceptors (Lipinski definition) is 2. The van der Waals surface area contributed by atoms with Gasteiger partial charge in [-0.15, -0.1) is 0 Å². The summed E-state index contributed by atoms with van der Waals surface area (Å²) in [5.41, 5.74) is 5.36. The van der Waals surface area contributed by atoms with Gasteiger partial charge in [0.05, 0.1) is 11.0 Å². The van der Waals surface area contributed by atoms with Crippen LogP contribution in [0, 0.1) is 0 Å². The molecule has 0 fully saturated rings. The quantitative estimate of drug-likeness (QED) is 0.294. The number of benzene rings is 4. The molecule has 3 nitrogen and oxygen atoms in total. The number of fused-ring (bicyclic) bond motifs is 1. The zero-order valence-corrected chi connectivity index (χ0v) is 17.7. The van der Waals surface area contributed by atoms with Gasteiger partial charge >= 0.3 is 0 Å². The van der Waals surface area contributed by atoms with Crippen LogP contribution in [0.15, 0.2) is 103 Å². The first-order chi connectivity index (χ1) is 15.3. The van der Waals surface area contributed by atoms with Crippen molar-refractivity contribution in [1.29, 1.82) is 0 Å². The first kappa shape index (κ1) is 19.4. The van der Waals surface area contributed by atoms with E-state index in [1.807, 2.05) is 54.6 Å². The lowest BCUT2D eigenvalue weighted by Gasteiger charge is -2.11. The lowest BCUT2D eigenvalue weighted by Crippen LogP contribution is -2.02. The minimum atomic E-state index is 0.547. The summed E-state index contributed by atoms with van der Waals surface area (Å²) in [7, 11) is 0. The van der Waals surface area contributed by atoms with Crippen molar-refractivity contribution >= 4 is 22.6 Å². The van der Waals surface area contributed by atoms with Gasteiger partial charge < -0.3 is 9.30 Å². The normalized spacial score (nSPS) is 11.0. The summed E-state index contributed by atoms with van der Waals surface area (Å²) in [4.78, 5) is 4.90. The Kier molecular flexibility index (Phi) is 5.42. The summed E-state index contributed by atoms with van der Waals surface area (Å²) >= 11 is 6.23. The third kappa shape index (κ3) is 4.32. The summed E-state index contributed by atoms with van der Waals surface area (Å²) in [6, 6.07) is 34.6. The highest BCUT2D eigenvalue weighted by atomic mass is 35.5. The van der Waals surface area contributed by atoms with Crippen LogP contribution in [0.2, 0.25) is 5.02 Å². The van der Waals surface area contributed by atoms with Crippen molar-refractivity contribution in [1.82, 2.24) is 9.55 Å². The van der Waals surface area contributed by atoms with E-state index in [2.05, 4.69) is 53.1 Å². The summed E-state index contributed by atoms with van der Waals surface area (Å²) in [6.07, 6.45) is 0. The zero-order chi connectivity index (χ0) is 21.0. The smallest absolute Gasteiger partial charge is 0.141 e. The van der Waals surface area contributed by atoms with Crippen molar-refractivity contribution in [2.75, 3.05) is 0 Å². The van der Waals surface area contributed by atoms with Crippen LogP contribution in [0.4, 0.5) is 0 Å². The summed E-state index contributed by atoms with van der Waals surface area (Å²) in [5, 5.41) is 0.688. The summed E-state index contributed by atoms with van der Waals surface area (Å²) < 4.78 is 8.18. The van der Waals surface area contributed by atoms with E-state index in [-0.39, 0.29) is 0 Å². The molecule has 1 heterocycles. The predicted octanol–water partition coefficient (Wildman–Crippen LogP) is 6.98.